The van der Waals surface area contributed by atoms with E-state index in [1.807, 2.05) is 6.92 Å². The zero-order valence-corrected chi connectivity index (χ0v) is 15.6. The molecule has 2 N–H and O–H groups in total. The molecule has 0 aliphatic carbocycles. The van der Waals surface area contributed by atoms with Crippen LogP contribution in [0.15, 0.2) is 23.2 Å². The van der Waals surface area contributed by atoms with Gasteiger partial charge in [-0.25, -0.2) is 0 Å². The van der Waals surface area contributed by atoms with Crippen LogP contribution in [0.5, 0.6) is 0 Å². The van der Waals surface area contributed by atoms with Crippen LogP contribution in [0.25, 0.3) is 0 Å². The Balaban J connectivity index is 1.99. The van der Waals surface area contributed by atoms with Gasteiger partial charge in [0.25, 0.3) is 5.69 Å². The summed E-state index contributed by atoms with van der Waals surface area (Å²) in [6.45, 7) is 2.25. The fraction of sp³-hybridized carbons (Fsp3) is 0.400. The van der Waals surface area contributed by atoms with Gasteiger partial charge in [-0.15, -0.1) is 0 Å². The van der Waals surface area contributed by atoms with Crippen LogP contribution in [-0.2, 0) is 14.3 Å². The number of halogens is 1. The lowest BCUT2D eigenvalue weighted by molar-refractivity contribution is -0.384. The number of anilines is 1. The van der Waals surface area contributed by atoms with Gasteiger partial charge in [0.05, 0.1) is 28.3 Å². The lowest BCUT2D eigenvalue weighted by Crippen LogP contribution is -2.28. The van der Waals surface area contributed by atoms with Gasteiger partial charge in [0.1, 0.15) is 5.25 Å². The third-order valence-corrected chi connectivity index (χ3v) is 4.75. The molecule has 2 amide bonds. The number of nitrogens with zero attached hydrogens (tertiary/aromatic N) is 2. The number of thioether (sulfide) groups is 1. The zero-order valence-electron chi connectivity index (χ0n) is 14.0. The molecule has 26 heavy (non-hydrogen) atoms. The average molecular weight is 401 g/mol. The van der Waals surface area contributed by atoms with E-state index in [0.717, 1.165) is 11.8 Å². The number of carbonyl (C=O) groups is 2. The van der Waals surface area contributed by atoms with Crippen LogP contribution < -0.4 is 10.6 Å². The number of aliphatic imine (C=N–C) groups is 1. The Morgan fingerprint density at radius 1 is 1.58 bits per heavy atom. The van der Waals surface area contributed by atoms with E-state index in [4.69, 9.17) is 16.3 Å². The Morgan fingerprint density at radius 2 is 2.31 bits per heavy atom. The second-order valence-corrected chi connectivity index (χ2v) is 7.11. The Bertz CT molecular complexity index is 758. The number of benzene rings is 1. The number of rotatable bonds is 7. The summed E-state index contributed by atoms with van der Waals surface area (Å²) in [5.74, 6) is -0.801. The van der Waals surface area contributed by atoms with Crippen molar-refractivity contribution in [1.29, 1.82) is 0 Å². The number of hydrogen-bond donors (Lipinski definition) is 2. The standard InChI is InChI=1S/C15H17ClN4O5S/c1-8(7-25-2)17-15-19-14(22)12(26-15)6-13(21)18-11-5-9(20(23)24)3-4-10(11)16/h3-5,8,12H,6-7H2,1-2H3,(H,18,21)(H,17,19,22)/t8-,12-/m0/s1. The minimum absolute atomic E-state index is 0.118. The number of ether oxygens (including phenoxy) is 1. The molecule has 11 heteroatoms. The molecule has 1 saturated heterocycles. The predicted octanol–water partition coefficient (Wildman–Crippen LogP) is 2.20. The Labute approximate surface area is 158 Å². The van der Waals surface area contributed by atoms with E-state index in [2.05, 4.69) is 15.6 Å². The van der Waals surface area contributed by atoms with Crippen LogP contribution in [0.4, 0.5) is 11.4 Å². The molecular formula is C15H17ClN4O5S. The van der Waals surface area contributed by atoms with Crippen molar-refractivity contribution in [3.05, 3.63) is 33.3 Å². The molecule has 0 bridgehead atoms. The van der Waals surface area contributed by atoms with Gasteiger partial charge in [0, 0.05) is 25.7 Å². The second kappa shape index (κ2) is 8.97. The summed E-state index contributed by atoms with van der Waals surface area (Å²) in [6, 6.07) is 3.61. The number of carbonyl (C=O) groups excluding carboxylic acids is 2. The van der Waals surface area contributed by atoms with Gasteiger partial charge in [0.2, 0.25) is 11.8 Å². The van der Waals surface area contributed by atoms with Crippen molar-refractivity contribution in [3.63, 3.8) is 0 Å². The molecule has 1 aliphatic rings. The third kappa shape index (κ3) is 5.41. The van der Waals surface area contributed by atoms with Crippen molar-refractivity contribution < 1.29 is 19.2 Å². The van der Waals surface area contributed by atoms with E-state index in [1.54, 1.807) is 7.11 Å². The van der Waals surface area contributed by atoms with Crippen molar-refractivity contribution in [2.45, 2.75) is 24.6 Å². The monoisotopic (exact) mass is 400 g/mol. The molecule has 2 rings (SSSR count). The maximum atomic E-state index is 12.2. The zero-order chi connectivity index (χ0) is 19.3. The minimum Gasteiger partial charge on any atom is -0.382 e. The molecule has 1 fully saturated rings. The van der Waals surface area contributed by atoms with Crippen LogP contribution in [-0.4, -0.2) is 46.9 Å². The van der Waals surface area contributed by atoms with E-state index in [0.29, 0.717) is 11.8 Å². The van der Waals surface area contributed by atoms with Gasteiger partial charge < -0.3 is 15.4 Å². The third-order valence-electron chi connectivity index (χ3n) is 3.33. The van der Waals surface area contributed by atoms with E-state index in [9.17, 15) is 19.7 Å². The van der Waals surface area contributed by atoms with Crippen molar-refractivity contribution in [2.24, 2.45) is 4.99 Å². The SMILES string of the molecule is COC[C@H](C)N=C1NC(=O)[C@H](CC(=O)Nc2cc([N+](=O)[O-])ccc2Cl)S1. The van der Waals surface area contributed by atoms with Gasteiger partial charge in [-0.3, -0.25) is 24.7 Å². The maximum absolute atomic E-state index is 12.2. The highest BCUT2D eigenvalue weighted by Crippen LogP contribution is 2.28. The smallest absolute Gasteiger partial charge is 0.271 e. The first kappa shape index (κ1) is 20.1. The lowest BCUT2D eigenvalue weighted by atomic mass is 10.2. The first-order valence-electron chi connectivity index (χ1n) is 7.58. The summed E-state index contributed by atoms with van der Waals surface area (Å²) in [5.41, 5.74) is -0.0730. The molecule has 1 aromatic rings. The largest absolute Gasteiger partial charge is 0.382 e. The molecule has 140 valence electrons. The topological polar surface area (TPSA) is 123 Å². The van der Waals surface area contributed by atoms with E-state index < -0.39 is 16.1 Å². The number of non-ortho nitro benzene ring substituents is 1. The summed E-state index contributed by atoms with van der Waals surface area (Å²) in [7, 11) is 1.56. The molecule has 0 radical (unpaired) electrons. The molecule has 0 aromatic heterocycles. The number of amides is 2. The second-order valence-electron chi connectivity index (χ2n) is 5.51. The summed E-state index contributed by atoms with van der Waals surface area (Å²) in [6.07, 6.45) is -0.118. The van der Waals surface area contributed by atoms with Crippen LogP contribution in [0, 0.1) is 10.1 Å². The van der Waals surface area contributed by atoms with Crippen molar-refractivity contribution in [3.8, 4) is 0 Å². The Morgan fingerprint density at radius 3 is 2.96 bits per heavy atom. The van der Waals surface area contributed by atoms with E-state index in [-0.39, 0.29) is 34.8 Å². The highest BCUT2D eigenvalue weighted by atomic mass is 35.5. The van der Waals surface area contributed by atoms with Crippen LogP contribution in [0.2, 0.25) is 5.02 Å². The number of amidine groups is 1. The minimum atomic E-state index is -0.638. The first-order valence-corrected chi connectivity index (χ1v) is 8.84. The highest BCUT2D eigenvalue weighted by molar-refractivity contribution is 8.15. The maximum Gasteiger partial charge on any atom is 0.271 e. The van der Waals surface area contributed by atoms with E-state index >= 15 is 0 Å². The van der Waals surface area contributed by atoms with Crippen LogP contribution >= 0.6 is 23.4 Å². The van der Waals surface area contributed by atoms with Gasteiger partial charge >= 0.3 is 0 Å². The molecule has 0 saturated carbocycles. The number of hydrogen-bond acceptors (Lipinski definition) is 7. The molecular weight excluding hydrogens is 384 g/mol. The highest BCUT2D eigenvalue weighted by Gasteiger charge is 2.32. The molecule has 0 spiro atoms. The number of nitrogens with one attached hydrogen (secondary N) is 2. The quantitative estimate of drug-likeness (QED) is 0.534. The summed E-state index contributed by atoms with van der Waals surface area (Å²) in [4.78, 5) is 38.7. The summed E-state index contributed by atoms with van der Waals surface area (Å²) >= 11 is 7.10. The molecule has 2 atom stereocenters. The number of methoxy groups -OCH3 is 1. The van der Waals surface area contributed by atoms with Crippen LogP contribution in [0.3, 0.4) is 0 Å². The van der Waals surface area contributed by atoms with Gasteiger partial charge in [-0.05, 0) is 13.0 Å². The summed E-state index contributed by atoms with van der Waals surface area (Å²) < 4.78 is 4.98. The summed E-state index contributed by atoms with van der Waals surface area (Å²) in [5, 5.41) is 15.9. The molecule has 1 aliphatic heterocycles. The molecule has 0 unspecified atom stereocenters. The van der Waals surface area contributed by atoms with Gasteiger partial charge in [0.15, 0.2) is 5.17 Å². The fourth-order valence-corrected chi connectivity index (χ4v) is 3.41. The van der Waals surface area contributed by atoms with Crippen molar-refractivity contribution >= 4 is 51.7 Å². The number of nitro benzene ring substituents is 1. The van der Waals surface area contributed by atoms with Gasteiger partial charge in [-0.2, -0.15) is 0 Å². The molecule has 1 heterocycles. The molecule has 1 aromatic carbocycles. The lowest BCUT2D eigenvalue weighted by Gasteiger charge is -2.09. The normalized spacial score (nSPS) is 19.3. The van der Waals surface area contributed by atoms with E-state index in [1.165, 1.54) is 18.2 Å². The number of nitro groups is 1. The average Bonchev–Trinajstić information content (AvgIpc) is 2.88. The fourth-order valence-electron chi connectivity index (χ4n) is 2.17. The first-order chi connectivity index (χ1) is 12.3. The molecule has 9 nitrogen and oxygen atoms in total. The van der Waals surface area contributed by atoms with Crippen molar-refractivity contribution in [2.75, 3.05) is 19.0 Å². The van der Waals surface area contributed by atoms with Crippen LogP contribution in [0.1, 0.15) is 13.3 Å². The Kier molecular flexibility index (Phi) is 6.95. The predicted molar refractivity (Wildman–Crippen MR) is 99.6 cm³/mol. The van der Waals surface area contributed by atoms with Crippen molar-refractivity contribution in [1.82, 2.24) is 5.32 Å². The Hall–Kier alpha value is -2.17. The van der Waals surface area contributed by atoms with Gasteiger partial charge in [-0.1, -0.05) is 23.4 Å².